The van der Waals surface area contributed by atoms with Crippen LogP contribution < -0.4 is 5.32 Å². The molecule has 8 heteroatoms. The molecule has 0 aliphatic heterocycles. The average Bonchev–Trinajstić information content (AvgIpc) is 3.07. The van der Waals surface area contributed by atoms with E-state index in [-0.39, 0.29) is 5.75 Å². The molecule has 0 saturated heterocycles. The summed E-state index contributed by atoms with van der Waals surface area (Å²) in [5, 5.41) is 22.2. The van der Waals surface area contributed by atoms with Crippen LogP contribution in [0.1, 0.15) is 22.8 Å². The molecule has 1 heterocycles. The molecular formula is C18H17F2N3OS2. The normalized spacial score (nSPS) is 12.2. The second-order valence-electron chi connectivity index (χ2n) is 5.75. The zero-order valence-electron chi connectivity index (χ0n) is 14.2. The third kappa shape index (κ3) is 4.38. The number of hydrogen-bond acceptors (Lipinski definition) is 6. The van der Waals surface area contributed by atoms with Crippen molar-refractivity contribution in [2.24, 2.45) is 0 Å². The maximum Gasteiger partial charge on any atom is 0.210 e. The van der Waals surface area contributed by atoms with Crippen LogP contribution in [-0.2, 0) is 0 Å². The van der Waals surface area contributed by atoms with Gasteiger partial charge in [0.05, 0.1) is 6.10 Å². The molecule has 2 N–H and O–H groups in total. The van der Waals surface area contributed by atoms with E-state index in [2.05, 4.69) is 15.5 Å². The number of rotatable bonds is 6. The summed E-state index contributed by atoms with van der Waals surface area (Å²) in [5.74, 6) is -1.63. The number of benzene rings is 2. The minimum Gasteiger partial charge on any atom is -0.388 e. The van der Waals surface area contributed by atoms with E-state index in [0.717, 1.165) is 23.4 Å². The van der Waals surface area contributed by atoms with Crippen molar-refractivity contribution in [2.75, 3.05) is 11.1 Å². The van der Waals surface area contributed by atoms with Crippen molar-refractivity contribution in [1.29, 1.82) is 0 Å². The van der Waals surface area contributed by atoms with E-state index in [1.54, 1.807) is 0 Å². The third-order valence-corrected chi connectivity index (χ3v) is 5.99. The third-order valence-electron chi connectivity index (χ3n) is 3.95. The van der Waals surface area contributed by atoms with Gasteiger partial charge in [0.1, 0.15) is 0 Å². The second kappa shape index (κ2) is 8.11. The molecule has 26 heavy (non-hydrogen) atoms. The van der Waals surface area contributed by atoms with Crippen LogP contribution in [0, 0.1) is 25.5 Å². The van der Waals surface area contributed by atoms with Crippen molar-refractivity contribution in [3.63, 3.8) is 0 Å². The van der Waals surface area contributed by atoms with Crippen molar-refractivity contribution in [3.05, 3.63) is 64.7 Å². The van der Waals surface area contributed by atoms with Crippen LogP contribution in [0.25, 0.3) is 0 Å². The van der Waals surface area contributed by atoms with E-state index >= 15 is 0 Å². The van der Waals surface area contributed by atoms with Gasteiger partial charge in [-0.1, -0.05) is 41.3 Å². The molecule has 1 atom stereocenters. The molecule has 0 aliphatic carbocycles. The highest BCUT2D eigenvalue weighted by Crippen LogP contribution is 2.31. The van der Waals surface area contributed by atoms with Crippen LogP contribution in [0.15, 0.2) is 40.7 Å². The largest absolute Gasteiger partial charge is 0.388 e. The monoisotopic (exact) mass is 393 g/mol. The molecule has 2 aromatic carbocycles. The van der Waals surface area contributed by atoms with Gasteiger partial charge in [0.15, 0.2) is 16.0 Å². The smallest absolute Gasteiger partial charge is 0.210 e. The van der Waals surface area contributed by atoms with Crippen molar-refractivity contribution in [1.82, 2.24) is 10.2 Å². The maximum absolute atomic E-state index is 13.3. The average molecular weight is 393 g/mol. The predicted molar refractivity (Wildman–Crippen MR) is 101 cm³/mol. The Morgan fingerprint density at radius 3 is 2.73 bits per heavy atom. The lowest BCUT2D eigenvalue weighted by atomic mass is 10.1. The fourth-order valence-electron chi connectivity index (χ4n) is 2.29. The van der Waals surface area contributed by atoms with Crippen molar-refractivity contribution >= 4 is 33.9 Å². The van der Waals surface area contributed by atoms with Gasteiger partial charge in [-0.15, -0.1) is 10.2 Å². The zero-order valence-corrected chi connectivity index (χ0v) is 15.8. The van der Waals surface area contributed by atoms with Gasteiger partial charge in [-0.05, 0) is 48.7 Å². The molecule has 0 radical (unpaired) electrons. The standard InChI is InChI=1S/C18H17F2N3OS2/c1-10-4-3-5-15(11(10)2)21-17-22-23-18(26-17)25-9-16(24)12-6-7-13(19)14(20)8-12/h3-8,16,24H,9H2,1-2H3,(H,21,22). The molecule has 3 aromatic rings. The predicted octanol–water partition coefficient (Wildman–Crippen LogP) is 5.00. The number of aryl methyl sites for hydroxylation is 1. The van der Waals surface area contributed by atoms with E-state index in [1.165, 1.54) is 34.7 Å². The number of nitrogens with one attached hydrogen (secondary N) is 1. The number of anilines is 2. The van der Waals surface area contributed by atoms with Crippen LogP contribution in [0.4, 0.5) is 19.6 Å². The SMILES string of the molecule is Cc1cccc(Nc2nnc(SCC(O)c3ccc(F)c(F)c3)s2)c1C. The summed E-state index contributed by atoms with van der Waals surface area (Å²) in [5.41, 5.74) is 3.63. The van der Waals surface area contributed by atoms with Crippen molar-refractivity contribution in [3.8, 4) is 0 Å². The van der Waals surface area contributed by atoms with Gasteiger partial charge in [-0.3, -0.25) is 0 Å². The van der Waals surface area contributed by atoms with Crippen LogP contribution in [0.5, 0.6) is 0 Å². The molecule has 0 aliphatic rings. The molecule has 0 bridgehead atoms. The Hall–Kier alpha value is -2.03. The first-order valence-electron chi connectivity index (χ1n) is 7.86. The molecule has 0 spiro atoms. The molecule has 1 aromatic heterocycles. The minimum absolute atomic E-state index is 0.267. The van der Waals surface area contributed by atoms with Gasteiger partial charge in [-0.25, -0.2) is 8.78 Å². The van der Waals surface area contributed by atoms with E-state index in [9.17, 15) is 13.9 Å². The van der Waals surface area contributed by atoms with Gasteiger partial charge >= 0.3 is 0 Å². The molecule has 1 unspecified atom stereocenters. The Balaban J connectivity index is 1.61. The summed E-state index contributed by atoms with van der Waals surface area (Å²) >= 11 is 2.68. The van der Waals surface area contributed by atoms with Gasteiger partial charge in [0, 0.05) is 11.4 Å². The van der Waals surface area contributed by atoms with E-state index < -0.39 is 17.7 Å². The first-order chi connectivity index (χ1) is 12.4. The number of aromatic nitrogens is 2. The highest BCUT2D eigenvalue weighted by molar-refractivity contribution is 8.01. The van der Waals surface area contributed by atoms with Crippen molar-refractivity contribution < 1.29 is 13.9 Å². The number of nitrogens with zero attached hydrogens (tertiary/aromatic N) is 2. The lowest BCUT2D eigenvalue weighted by molar-refractivity contribution is 0.203. The van der Waals surface area contributed by atoms with Crippen LogP contribution in [-0.4, -0.2) is 21.1 Å². The molecule has 136 valence electrons. The molecule has 0 amide bonds. The summed E-state index contributed by atoms with van der Waals surface area (Å²) in [6, 6.07) is 9.38. The van der Waals surface area contributed by atoms with Gasteiger partial charge in [0.25, 0.3) is 0 Å². The van der Waals surface area contributed by atoms with Gasteiger partial charge in [-0.2, -0.15) is 0 Å². The Bertz CT molecular complexity index is 917. The number of halogens is 2. The summed E-state index contributed by atoms with van der Waals surface area (Å²) in [4.78, 5) is 0. The van der Waals surface area contributed by atoms with Gasteiger partial charge < -0.3 is 10.4 Å². The van der Waals surface area contributed by atoms with E-state index in [0.29, 0.717) is 15.0 Å². The Labute approximate surface area is 158 Å². The summed E-state index contributed by atoms with van der Waals surface area (Å²) in [7, 11) is 0. The first kappa shape index (κ1) is 18.8. The number of thioether (sulfide) groups is 1. The maximum atomic E-state index is 13.3. The number of aliphatic hydroxyl groups is 1. The summed E-state index contributed by atoms with van der Waals surface area (Å²) in [6.07, 6.45) is -0.922. The zero-order chi connectivity index (χ0) is 18.7. The Kier molecular flexibility index (Phi) is 5.85. The number of hydrogen-bond donors (Lipinski definition) is 2. The second-order valence-corrected chi connectivity index (χ2v) is 7.99. The fourth-order valence-corrected chi connectivity index (χ4v) is 4.04. The highest BCUT2D eigenvalue weighted by atomic mass is 32.2. The minimum atomic E-state index is -0.970. The first-order valence-corrected chi connectivity index (χ1v) is 9.67. The topological polar surface area (TPSA) is 58.0 Å². The Morgan fingerprint density at radius 1 is 1.15 bits per heavy atom. The quantitative estimate of drug-likeness (QED) is 0.577. The summed E-state index contributed by atoms with van der Waals surface area (Å²) in [6.45, 7) is 4.08. The van der Waals surface area contributed by atoms with Crippen molar-refractivity contribution in [2.45, 2.75) is 24.3 Å². The summed E-state index contributed by atoms with van der Waals surface area (Å²) < 4.78 is 26.9. The van der Waals surface area contributed by atoms with Crippen LogP contribution >= 0.6 is 23.1 Å². The molecule has 0 fully saturated rings. The molecule has 3 rings (SSSR count). The number of aliphatic hydroxyl groups excluding tert-OH is 1. The van der Waals surface area contributed by atoms with E-state index in [1.807, 2.05) is 32.0 Å². The molecular weight excluding hydrogens is 376 g/mol. The van der Waals surface area contributed by atoms with Crippen LogP contribution in [0.3, 0.4) is 0 Å². The highest BCUT2D eigenvalue weighted by Gasteiger charge is 2.14. The lowest BCUT2D eigenvalue weighted by Crippen LogP contribution is -2.01. The van der Waals surface area contributed by atoms with Crippen LogP contribution in [0.2, 0.25) is 0 Å². The van der Waals surface area contributed by atoms with E-state index in [4.69, 9.17) is 0 Å². The molecule has 0 saturated carbocycles. The fraction of sp³-hybridized carbons (Fsp3) is 0.222. The lowest BCUT2D eigenvalue weighted by Gasteiger charge is -2.09. The molecule has 4 nitrogen and oxygen atoms in total. The van der Waals surface area contributed by atoms with Gasteiger partial charge in [0.2, 0.25) is 5.13 Å². The Morgan fingerprint density at radius 2 is 1.96 bits per heavy atom.